The maximum absolute atomic E-state index is 12.2. The largest absolute Gasteiger partial charge is 0.351 e. The summed E-state index contributed by atoms with van der Waals surface area (Å²) in [6.45, 7) is 4.76. The van der Waals surface area contributed by atoms with Gasteiger partial charge in [-0.3, -0.25) is 14.5 Å². The molecule has 2 aliphatic rings. The van der Waals surface area contributed by atoms with Gasteiger partial charge in [0.05, 0.1) is 12.1 Å². The van der Waals surface area contributed by atoms with Crippen LogP contribution in [0.4, 0.5) is 5.13 Å². The van der Waals surface area contributed by atoms with Crippen molar-refractivity contribution in [3.8, 4) is 0 Å². The Hall–Kier alpha value is -1.47. The summed E-state index contributed by atoms with van der Waals surface area (Å²) in [4.78, 5) is 30.0. The standard InChI is InChI=1S/C15H22N4O2S/c1-10-4-5-16-8-12(10)18-13(20)7-11-9-22-15(17-11)19-6-2-3-14(19)21/h9-10,12,16H,2-8H2,1H3,(H,18,20). The molecular weight excluding hydrogens is 300 g/mol. The lowest BCUT2D eigenvalue weighted by Gasteiger charge is -2.30. The van der Waals surface area contributed by atoms with Crippen LogP contribution >= 0.6 is 11.3 Å². The molecule has 1 aromatic heterocycles. The third kappa shape index (κ3) is 3.47. The van der Waals surface area contributed by atoms with Gasteiger partial charge in [-0.2, -0.15) is 0 Å². The van der Waals surface area contributed by atoms with Gasteiger partial charge in [0.2, 0.25) is 11.8 Å². The van der Waals surface area contributed by atoms with Crippen LogP contribution in [0.1, 0.15) is 31.9 Å². The van der Waals surface area contributed by atoms with Crippen molar-refractivity contribution in [1.29, 1.82) is 0 Å². The van der Waals surface area contributed by atoms with Gasteiger partial charge < -0.3 is 10.6 Å². The Bertz CT molecular complexity index is 559. The molecule has 2 fully saturated rings. The van der Waals surface area contributed by atoms with Crippen molar-refractivity contribution in [2.24, 2.45) is 5.92 Å². The van der Waals surface area contributed by atoms with Crippen molar-refractivity contribution >= 4 is 28.3 Å². The van der Waals surface area contributed by atoms with Gasteiger partial charge >= 0.3 is 0 Å². The van der Waals surface area contributed by atoms with E-state index in [-0.39, 0.29) is 24.3 Å². The van der Waals surface area contributed by atoms with Crippen LogP contribution in [0, 0.1) is 5.92 Å². The van der Waals surface area contributed by atoms with E-state index < -0.39 is 0 Å². The highest BCUT2D eigenvalue weighted by Crippen LogP contribution is 2.25. The third-order valence-electron chi connectivity index (χ3n) is 4.36. The van der Waals surface area contributed by atoms with Crippen molar-refractivity contribution in [2.45, 2.75) is 38.6 Å². The smallest absolute Gasteiger partial charge is 0.228 e. The number of carbonyl (C=O) groups is 2. The summed E-state index contributed by atoms with van der Waals surface area (Å²) in [6, 6.07) is 0.194. The second kappa shape index (κ2) is 6.75. The fourth-order valence-corrected chi connectivity index (χ4v) is 3.82. The monoisotopic (exact) mass is 322 g/mol. The van der Waals surface area contributed by atoms with Crippen LogP contribution in [0.2, 0.25) is 0 Å². The Morgan fingerprint density at radius 3 is 3.18 bits per heavy atom. The number of hydrogen-bond donors (Lipinski definition) is 2. The highest BCUT2D eigenvalue weighted by Gasteiger charge is 2.25. The summed E-state index contributed by atoms with van der Waals surface area (Å²) in [5.41, 5.74) is 0.744. The van der Waals surface area contributed by atoms with E-state index in [0.717, 1.165) is 43.3 Å². The fraction of sp³-hybridized carbons (Fsp3) is 0.667. The molecule has 0 bridgehead atoms. The topological polar surface area (TPSA) is 74.3 Å². The number of anilines is 1. The number of amides is 2. The maximum Gasteiger partial charge on any atom is 0.228 e. The zero-order valence-electron chi connectivity index (χ0n) is 12.8. The number of rotatable bonds is 4. The Kier molecular flexibility index (Phi) is 4.73. The molecule has 0 saturated carbocycles. The van der Waals surface area contributed by atoms with E-state index in [1.54, 1.807) is 4.90 Å². The van der Waals surface area contributed by atoms with Crippen LogP contribution in [-0.4, -0.2) is 42.5 Å². The molecule has 2 atom stereocenters. The van der Waals surface area contributed by atoms with Crippen molar-refractivity contribution in [1.82, 2.24) is 15.6 Å². The first-order valence-corrected chi connectivity index (χ1v) is 8.76. The Morgan fingerprint density at radius 1 is 1.59 bits per heavy atom. The first kappa shape index (κ1) is 15.4. The van der Waals surface area contributed by atoms with Crippen LogP contribution in [-0.2, 0) is 16.0 Å². The Balaban J connectivity index is 1.55. The molecule has 2 N–H and O–H groups in total. The van der Waals surface area contributed by atoms with Gasteiger partial charge in [-0.05, 0) is 25.3 Å². The van der Waals surface area contributed by atoms with Crippen molar-refractivity contribution in [2.75, 3.05) is 24.5 Å². The van der Waals surface area contributed by atoms with Crippen molar-refractivity contribution in [3.05, 3.63) is 11.1 Å². The minimum absolute atomic E-state index is 0.00477. The molecule has 7 heteroatoms. The van der Waals surface area contributed by atoms with E-state index >= 15 is 0 Å². The van der Waals surface area contributed by atoms with Gasteiger partial charge in [-0.15, -0.1) is 11.3 Å². The number of aromatic nitrogens is 1. The highest BCUT2D eigenvalue weighted by atomic mass is 32.1. The quantitative estimate of drug-likeness (QED) is 0.865. The van der Waals surface area contributed by atoms with E-state index in [2.05, 4.69) is 22.5 Å². The predicted molar refractivity (Wildman–Crippen MR) is 86.0 cm³/mol. The van der Waals surface area contributed by atoms with E-state index in [0.29, 0.717) is 12.3 Å². The minimum atomic E-state index is 0.00477. The molecule has 6 nitrogen and oxygen atoms in total. The number of piperidine rings is 1. The lowest BCUT2D eigenvalue weighted by molar-refractivity contribution is -0.121. The molecule has 2 saturated heterocycles. The lowest BCUT2D eigenvalue weighted by Crippen LogP contribution is -2.50. The van der Waals surface area contributed by atoms with E-state index in [1.807, 2.05) is 5.38 Å². The molecule has 3 rings (SSSR count). The van der Waals surface area contributed by atoms with Gasteiger partial charge in [0.1, 0.15) is 0 Å². The van der Waals surface area contributed by atoms with Crippen LogP contribution in [0.5, 0.6) is 0 Å². The molecule has 120 valence electrons. The van der Waals surface area contributed by atoms with Crippen molar-refractivity contribution in [3.63, 3.8) is 0 Å². The van der Waals surface area contributed by atoms with E-state index in [1.165, 1.54) is 11.3 Å². The average molecular weight is 322 g/mol. The average Bonchev–Trinajstić information content (AvgIpc) is 3.10. The summed E-state index contributed by atoms with van der Waals surface area (Å²) < 4.78 is 0. The van der Waals surface area contributed by atoms with Gasteiger partial charge in [0.15, 0.2) is 5.13 Å². The maximum atomic E-state index is 12.2. The molecule has 3 heterocycles. The van der Waals surface area contributed by atoms with Crippen LogP contribution in [0.25, 0.3) is 0 Å². The SMILES string of the molecule is CC1CCNCC1NC(=O)Cc1csc(N2CCCC2=O)n1. The van der Waals surface area contributed by atoms with Gasteiger partial charge in [0, 0.05) is 30.9 Å². The second-order valence-electron chi connectivity index (χ2n) is 6.09. The van der Waals surface area contributed by atoms with E-state index in [9.17, 15) is 9.59 Å². The first-order valence-electron chi connectivity index (χ1n) is 7.88. The lowest BCUT2D eigenvalue weighted by atomic mass is 9.95. The molecule has 2 aliphatic heterocycles. The number of hydrogen-bond acceptors (Lipinski definition) is 5. The summed E-state index contributed by atoms with van der Waals surface area (Å²) in [7, 11) is 0. The highest BCUT2D eigenvalue weighted by molar-refractivity contribution is 7.14. The summed E-state index contributed by atoms with van der Waals surface area (Å²) in [5.74, 6) is 0.635. The Labute approximate surface area is 134 Å². The Morgan fingerprint density at radius 2 is 2.45 bits per heavy atom. The molecule has 1 aromatic rings. The molecule has 0 spiro atoms. The number of nitrogens with zero attached hydrogens (tertiary/aromatic N) is 2. The predicted octanol–water partition coefficient (Wildman–Crippen LogP) is 0.927. The fourth-order valence-electron chi connectivity index (χ4n) is 2.96. The summed E-state index contributed by atoms with van der Waals surface area (Å²) in [5, 5.41) is 8.99. The van der Waals surface area contributed by atoms with Crippen LogP contribution in [0.15, 0.2) is 5.38 Å². The zero-order chi connectivity index (χ0) is 15.5. The van der Waals surface area contributed by atoms with Crippen molar-refractivity contribution < 1.29 is 9.59 Å². The molecular formula is C15H22N4O2S. The summed E-state index contributed by atoms with van der Waals surface area (Å²) >= 11 is 1.44. The zero-order valence-corrected chi connectivity index (χ0v) is 13.6. The molecule has 0 aliphatic carbocycles. The molecule has 2 unspecified atom stereocenters. The molecule has 0 radical (unpaired) electrons. The number of nitrogens with one attached hydrogen (secondary N) is 2. The van der Waals surface area contributed by atoms with E-state index in [4.69, 9.17) is 0 Å². The van der Waals surface area contributed by atoms with Gasteiger partial charge in [-0.1, -0.05) is 6.92 Å². The number of thiazole rings is 1. The van der Waals surface area contributed by atoms with Crippen LogP contribution in [0.3, 0.4) is 0 Å². The van der Waals surface area contributed by atoms with Crippen LogP contribution < -0.4 is 15.5 Å². The first-order chi connectivity index (χ1) is 10.6. The minimum Gasteiger partial charge on any atom is -0.351 e. The molecule has 0 aromatic carbocycles. The molecule has 2 amide bonds. The number of carbonyl (C=O) groups excluding carboxylic acids is 2. The summed E-state index contributed by atoms with van der Waals surface area (Å²) in [6.07, 6.45) is 2.85. The molecule has 22 heavy (non-hydrogen) atoms. The van der Waals surface area contributed by atoms with Gasteiger partial charge in [0.25, 0.3) is 0 Å². The third-order valence-corrected chi connectivity index (χ3v) is 5.27. The second-order valence-corrected chi connectivity index (χ2v) is 6.93. The van der Waals surface area contributed by atoms with Gasteiger partial charge in [-0.25, -0.2) is 4.98 Å². The normalized spacial score (nSPS) is 25.5.